The second-order valence-corrected chi connectivity index (χ2v) is 9.24. The molecule has 7 nitrogen and oxygen atoms in total. The number of nitrogens with one attached hydrogen (secondary N) is 2. The molecule has 1 atom stereocenters. The van der Waals surface area contributed by atoms with Crippen LogP contribution in [-0.2, 0) is 11.2 Å². The van der Waals surface area contributed by atoms with E-state index in [1.807, 2.05) is 37.3 Å². The number of carbonyl (C=O) groups is 2. The molecule has 2 amide bonds. The van der Waals surface area contributed by atoms with Gasteiger partial charge < -0.3 is 21.8 Å². The number of H-pyrrole nitrogens is 1. The molecule has 0 spiro atoms. The van der Waals surface area contributed by atoms with Crippen molar-refractivity contribution in [2.45, 2.75) is 45.1 Å². The number of rotatable bonds is 8. The summed E-state index contributed by atoms with van der Waals surface area (Å²) in [6, 6.07) is 16.9. The van der Waals surface area contributed by atoms with Gasteiger partial charge in [0.1, 0.15) is 5.82 Å². The van der Waals surface area contributed by atoms with E-state index in [1.165, 1.54) is 0 Å². The van der Waals surface area contributed by atoms with E-state index in [-0.39, 0.29) is 17.9 Å². The van der Waals surface area contributed by atoms with Crippen molar-refractivity contribution in [3.05, 3.63) is 77.2 Å². The van der Waals surface area contributed by atoms with Gasteiger partial charge >= 0.3 is 0 Å². The summed E-state index contributed by atoms with van der Waals surface area (Å²) in [7, 11) is 0. The summed E-state index contributed by atoms with van der Waals surface area (Å²) >= 11 is 0. The van der Waals surface area contributed by atoms with Crippen LogP contribution in [0.15, 0.2) is 54.6 Å². The van der Waals surface area contributed by atoms with E-state index >= 15 is 0 Å². The number of primary amides is 1. The van der Waals surface area contributed by atoms with Crippen molar-refractivity contribution in [3.8, 4) is 11.3 Å². The number of carbonyl (C=O) groups excluding carboxylic acids is 2. The molecule has 0 saturated heterocycles. The molecular formula is C27H33N5O2. The first-order valence-corrected chi connectivity index (χ1v) is 12.0. The zero-order valence-electron chi connectivity index (χ0n) is 19.6. The lowest BCUT2D eigenvalue weighted by atomic mass is 9.81. The van der Waals surface area contributed by atoms with Gasteiger partial charge in [-0.15, -0.1) is 0 Å². The van der Waals surface area contributed by atoms with E-state index in [9.17, 15) is 9.59 Å². The Morgan fingerprint density at radius 1 is 1.06 bits per heavy atom. The zero-order chi connectivity index (χ0) is 24.1. The molecule has 3 aromatic rings. The fraction of sp³-hybridized carbons (Fsp3) is 0.370. The van der Waals surface area contributed by atoms with Crippen LogP contribution < -0.4 is 16.8 Å². The van der Waals surface area contributed by atoms with Crippen molar-refractivity contribution < 1.29 is 9.59 Å². The third kappa shape index (κ3) is 5.54. The number of aromatic nitrogens is 2. The van der Waals surface area contributed by atoms with Crippen LogP contribution in [0.25, 0.3) is 11.3 Å². The maximum absolute atomic E-state index is 13.2. The normalized spacial score (nSPS) is 18.9. The molecule has 1 aliphatic rings. The number of benzene rings is 2. The molecule has 1 aromatic heterocycles. The predicted molar refractivity (Wildman–Crippen MR) is 133 cm³/mol. The van der Waals surface area contributed by atoms with Crippen LogP contribution in [-0.4, -0.2) is 28.3 Å². The molecule has 34 heavy (non-hydrogen) atoms. The number of hydrogen-bond acceptors (Lipinski definition) is 4. The highest BCUT2D eigenvalue weighted by Crippen LogP contribution is 2.30. The van der Waals surface area contributed by atoms with Crippen LogP contribution in [0, 0.1) is 18.8 Å². The summed E-state index contributed by atoms with van der Waals surface area (Å²) in [6.07, 6.45) is 4.39. The average Bonchev–Trinajstić information content (AvgIpc) is 3.25. The van der Waals surface area contributed by atoms with Crippen molar-refractivity contribution in [1.29, 1.82) is 0 Å². The molecule has 6 N–H and O–H groups in total. The molecule has 4 rings (SSSR count). The minimum atomic E-state index is -0.461. The Kier molecular flexibility index (Phi) is 7.43. The SMILES string of the molecule is Cc1[nH]c([C@H](Cc2ccccc2)NC(=O)C2CCC(CN)CC2)nc1-c1ccc(C(N)=O)cc1. The summed E-state index contributed by atoms with van der Waals surface area (Å²) in [5.41, 5.74) is 15.3. The Bertz CT molecular complexity index is 1120. The fourth-order valence-corrected chi connectivity index (χ4v) is 4.74. The zero-order valence-corrected chi connectivity index (χ0v) is 19.6. The lowest BCUT2D eigenvalue weighted by molar-refractivity contribution is -0.127. The monoisotopic (exact) mass is 459 g/mol. The van der Waals surface area contributed by atoms with E-state index in [0.29, 0.717) is 24.4 Å². The first-order valence-electron chi connectivity index (χ1n) is 12.0. The summed E-state index contributed by atoms with van der Waals surface area (Å²) < 4.78 is 0. The quantitative estimate of drug-likeness (QED) is 0.410. The van der Waals surface area contributed by atoms with E-state index in [1.54, 1.807) is 12.1 Å². The molecule has 0 radical (unpaired) electrons. The molecule has 0 bridgehead atoms. The van der Waals surface area contributed by atoms with Crippen molar-refractivity contribution in [2.75, 3.05) is 6.54 Å². The predicted octanol–water partition coefficient (Wildman–Crippen LogP) is 3.65. The van der Waals surface area contributed by atoms with Gasteiger partial charge in [-0.05, 0) is 69.2 Å². The standard InChI is InChI=1S/C27H33N5O2/c1-17-24(20-11-13-21(14-12-20)25(29)33)32-26(30-17)23(15-18-5-3-2-4-6-18)31-27(34)22-9-7-19(16-28)8-10-22/h2-6,11-14,19,22-23H,7-10,15-16,28H2,1H3,(H2,29,33)(H,30,32)(H,31,34)/t19?,22?,23-/m0/s1. The number of amides is 2. The van der Waals surface area contributed by atoms with Crippen LogP contribution in [0.4, 0.5) is 0 Å². The Hall–Kier alpha value is -3.45. The Labute approximate surface area is 200 Å². The van der Waals surface area contributed by atoms with Crippen LogP contribution in [0.2, 0.25) is 0 Å². The van der Waals surface area contributed by atoms with Crippen LogP contribution >= 0.6 is 0 Å². The molecule has 1 heterocycles. The summed E-state index contributed by atoms with van der Waals surface area (Å²) in [5.74, 6) is 0.882. The Morgan fingerprint density at radius 2 is 1.74 bits per heavy atom. The second-order valence-electron chi connectivity index (χ2n) is 9.24. The molecule has 0 unspecified atom stereocenters. The first kappa shape index (κ1) is 23.7. The van der Waals surface area contributed by atoms with Crippen molar-refractivity contribution in [1.82, 2.24) is 15.3 Å². The van der Waals surface area contributed by atoms with Crippen molar-refractivity contribution >= 4 is 11.8 Å². The smallest absolute Gasteiger partial charge is 0.248 e. The van der Waals surface area contributed by atoms with Gasteiger partial charge in [-0.1, -0.05) is 42.5 Å². The number of hydrogen-bond donors (Lipinski definition) is 4. The van der Waals surface area contributed by atoms with E-state index in [2.05, 4.69) is 22.4 Å². The number of aryl methyl sites for hydroxylation is 1. The number of nitrogens with two attached hydrogens (primary N) is 2. The topological polar surface area (TPSA) is 127 Å². The lowest BCUT2D eigenvalue weighted by Crippen LogP contribution is -2.37. The molecule has 0 aliphatic heterocycles. The summed E-state index contributed by atoms with van der Waals surface area (Å²) in [6.45, 7) is 2.66. The molecule has 1 saturated carbocycles. The van der Waals surface area contributed by atoms with E-state index in [0.717, 1.165) is 54.0 Å². The number of nitrogens with zero attached hydrogens (tertiary/aromatic N) is 1. The molecule has 7 heteroatoms. The second kappa shape index (κ2) is 10.7. The van der Waals surface area contributed by atoms with Gasteiger partial charge in [0, 0.05) is 22.7 Å². The summed E-state index contributed by atoms with van der Waals surface area (Å²) in [5, 5.41) is 3.28. The number of aromatic amines is 1. The Balaban J connectivity index is 1.57. The Morgan fingerprint density at radius 3 is 2.35 bits per heavy atom. The molecule has 178 valence electrons. The highest BCUT2D eigenvalue weighted by molar-refractivity contribution is 5.93. The maximum Gasteiger partial charge on any atom is 0.248 e. The van der Waals surface area contributed by atoms with Crippen molar-refractivity contribution in [3.63, 3.8) is 0 Å². The largest absolute Gasteiger partial charge is 0.366 e. The fourth-order valence-electron chi connectivity index (χ4n) is 4.74. The van der Waals surface area contributed by atoms with E-state index in [4.69, 9.17) is 16.5 Å². The van der Waals surface area contributed by atoms with Gasteiger partial charge in [0.15, 0.2) is 0 Å². The lowest BCUT2D eigenvalue weighted by Gasteiger charge is -2.28. The minimum absolute atomic E-state index is 0.0120. The average molecular weight is 460 g/mol. The van der Waals surface area contributed by atoms with Gasteiger partial charge in [0.2, 0.25) is 11.8 Å². The minimum Gasteiger partial charge on any atom is -0.366 e. The van der Waals surface area contributed by atoms with Crippen LogP contribution in [0.3, 0.4) is 0 Å². The van der Waals surface area contributed by atoms with Gasteiger partial charge in [0.25, 0.3) is 0 Å². The molecule has 1 fully saturated rings. The third-order valence-corrected chi connectivity index (χ3v) is 6.83. The summed E-state index contributed by atoms with van der Waals surface area (Å²) in [4.78, 5) is 32.9. The highest BCUT2D eigenvalue weighted by Gasteiger charge is 2.28. The molecule has 2 aromatic carbocycles. The molecule has 1 aliphatic carbocycles. The first-order chi connectivity index (χ1) is 16.4. The van der Waals surface area contributed by atoms with Gasteiger partial charge in [-0.25, -0.2) is 4.98 Å². The number of imidazole rings is 1. The maximum atomic E-state index is 13.2. The van der Waals surface area contributed by atoms with Gasteiger partial charge in [0.05, 0.1) is 11.7 Å². The third-order valence-electron chi connectivity index (χ3n) is 6.83. The van der Waals surface area contributed by atoms with Gasteiger partial charge in [-0.3, -0.25) is 9.59 Å². The van der Waals surface area contributed by atoms with Gasteiger partial charge in [-0.2, -0.15) is 0 Å². The van der Waals surface area contributed by atoms with Crippen molar-refractivity contribution in [2.24, 2.45) is 23.3 Å². The van der Waals surface area contributed by atoms with Crippen LogP contribution in [0.1, 0.15) is 59.2 Å². The van der Waals surface area contributed by atoms with E-state index < -0.39 is 5.91 Å². The molecular weight excluding hydrogens is 426 g/mol. The highest BCUT2D eigenvalue weighted by atomic mass is 16.2. The van der Waals surface area contributed by atoms with Crippen LogP contribution in [0.5, 0.6) is 0 Å².